The van der Waals surface area contributed by atoms with Crippen molar-refractivity contribution in [3.63, 3.8) is 0 Å². The molecule has 50 heavy (non-hydrogen) atoms. The highest BCUT2D eigenvalue weighted by Gasteiger charge is 2.38. The molecule has 3 atom stereocenters. The normalized spacial score (nSPS) is 19.3. The van der Waals surface area contributed by atoms with Crippen LogP contribution in [0.3, 0.4) is 0 Å². The van der Waals surface area contributed by atoms with Gasteiger partial charge in [-0.1, -0.05) is 38.1 Å². The van der Waals surface area contributed by atoms with Gasteiger partial charge in [-0.05, 0) is 87.2 Å². The zero-order chi connectivity index (χ0) is 34.4. The topological polar surface area (TPSA) is 141 Å². The number of pyridine rings is 1. The van der Waals surface area contributed by atoms with Crippen molar-refractivity contribution < 1.29 is 14.3 Å². The van der Waals surface area contributed by atoms with Gasteiger partial charge in [0.25, 0.3) is 0 Å². The minimum absolute atomic E-state index is 0.0822. The summed E-state index contributed by atoms with van der Waals surface area (Å²) in [5, 5.41) is 7.34. The molecule has 0 saturated carbocycles. The van der Waals surface area contributed by atoms with Crippen LogP contribution in [0.2, 0.25) is 0 Å². The summed E-state index contributed by atoms with van der Waals surface area (Å²) < 4.78 is 4.80. The fourth-order valence-electron chi connectivity index (χ4n) is 7.86. The number of alkyl carbamates (subject to hydrolysis) is 1. The van der Waals surface area contributed by atoms with Gasteiger partial charge in [0.05, 0.1) is 48.0 Å². The third kappa shape index (κ3) is 6.04. The van der Waals surface area contributed by atoms with Crippen molar-refractivity contribution in [2.24, 2.45) is 5.92 Å². The molecule has 0 radical (unpaired) electrons. The number of likely N-dealkylation sites (tertiary alicyclic amines) is 1. The number of nitrogens with zero attached hydrogens (tertiary/aromatic N) is 4. The largest absolute Gasteiger partial charge is 0.453 e. The molecule has 2 aliphatic heterocycles. The van der Waals surface area contributed by atoms with Crippen LogP contribution in [0.1, 0.15) is 80.9 Å². The lowest BCUT2D eigenvalue weighted by Gasteiger charge is -2.30. The average molecular weight is 673 g/mol. The van der Waals surface area contributed by atoms with Gasteiger partial charge in [0.1, 0.15) is 17.7 Å². The van der Waals surface area contributed by atoms with Crippen molar-refractivity contribution in [3.8, 4) is 33.8 Å². The number of benzene rings is 2. The van der Waals surface area contributed by atoms with Gasteiger partial charge >= 0.3 is 6.09 Å². The predicted octanol–water partition coefficient (Wildman–Crippen LogP) is 6.64. The molecule has 0 spiro atoms. The molecule has 1 aliphatic carbocycles. The lowest BCUT2D eigenvalue weighted by molar-refractivity contribution is -0.135. The molecule has 0 unspecified atom stereocenters. The lowest BCUT2D eigenvalue weighted by Crippen LogP contribution is -2.51. The Hall–Kier alpha value is -5.03. The van der Waals surface area contributed by atoms with E-state index < -0.39 is 12.1 Å². The van der Waals surface area contributed by atoms with Crippen LogP contribution in [0.25, 0.3) is 44.7 Å². The van der Waals surface area contributed by atoms with Gasteiger partial charge in [-0.25, -0.2) is 19.7 Å². The minimum Gasteiger partial charge on any atom is -0.453 e. The maximum atomic E-state index is 13.7. The molecule has 3 aliphatic rings. The molecule has 4 N–H and O–H groups in total. The van der Waals surface area contributed by atoms with Crippen molar-refractivity contribution in [2.75, 3.05) is 20.2 Å². The Labute approximate surface area is 291 Å². The van der Waals surface area contributed by atoms with Gasteiger partial charge in [0, 0.05) is 34.3 Å². The number of carbonyl (C=O) groups is 2. The Kier molecular flexibility index (Phi) is 8.60. The van der Waals surface area contributed by atoms with Crippen molar-refractivity contribution in [3.05, 3.63) is 77.6 Å². The first kappa shape index (κ1) is 32.2. The van der Waals surface area contributed by atoms with Crippen LogP contribution >= 0.6 is 0 Å². The highest BCUT2D eigenvalue weighted by atomic mass is 16.5. The first-order valence-corrected chi connectivity index (χ1v) is 17.9. The molecule has 3 aromatic heterocycles. The molecule has 5 aromatic rings. The molecule has 2 saturated heterocycles. The second-order valence-corrected chi connectivity index (χ2v) is 14.2. The van der Waals surface area contributed by atoms with E-state index in [9.17, 15) is 9.59 Å². The number of ether oxygens (including phenoxy) is 1. The maximum absolute atomic E-state index is 13.7. The zero-order valence-corrected chi connectivity index (χ0v) is 28.9. The fourth-order valence-corrected chi connectivity index (χ4v) is 7.86. The Morgan fingerprint density at radius 2 is 1.82 bits per heavy atom. The lowest BCUT2D eigenvalue weighted by atomic mass is 9.98. The van der Waals surface area contributed by atoms with E-state index >= 15 is 0 Å². The minimum atomic E-state index is -0.663. The van der Waals surface area contributed by atoms with Gasteiger partial charge in [0.2, 0.25) is 5.91 Å². The Balaban J connectivity index is 1.03. The van der Waals surface area contributed by atoms with Gasteiger partial charge in [-0.2, -0.15) is 0 Å². The molecule has 11 heteroatoms. The maximum Gasteiger partial charge on any atom is 0.407 e. The SMILES string of the molecule is COC(=O)N[C@H](C(=O)N1CCC[C@H]1c1nc2c([nH]1)CCCc1cc(-c3ccc4cc(-c5cnc([C@@H]6CCCN6)[nH]5)ccc4n3)ccc1-2)C(C)C. The van der Waals surface area contributed by atoms with E-state index in [-0.39, 0.29) is 17.9 Å². The highest BCUT2D eigenvalue weighted by Crippen LogP contribution is 2.38. The summed E-state index contributed by atoms with van der Waals surface area (Å²) in [6, 6.07) is 16.7. The average Bonchev–Trinajstić information content (AvgIpc) is 3.96. The monoisotopic (exact) mass is 672 g/mol. The van der Waals surface area contributed by atoms with E-state index in [2.05, 4.69) is 74.1 Å². The quantitative estimate of drug-likeness (QED) is 0.152. The van der Waals surface area contributed by atoms with E-state index in [0.717, 1.165) is 107 Å². The van der Waals surface area contributed by atoms with E-state index in [4.69, 9.17) is 14.7 Å². The van der Waals surface area contributed by atoms with E-state index in [1.807, 2.05) is 24.9 Å². The van der Waals surface area contributed by atoms with E-state index in [1.54, 1.807) is 0 Å². The van der Waals surface area contributed by atoms with Crippen molar-refractivity contribution in [1.82, 2.24) is 40.5 Å². The summed E-state index contributed by atoms with van der Waals surface area (Å²) in [4.78, 5) is 49.6. The van der Waals surface area contributed by atoms with Crippen LogP contribution in [0.4, 0.5) is 4.79 Å². The van der Waals surface area contributed by atoms with Crippen LogP contribution in [0.5, 0.6) is 0 Å². The smallest absolute Gasteiger partial charge is 0.407 e. The molecule has 2 amide bonds. The van der Waals surface area contributed by atoms with Crippen LogP contribution in [0, 0.1) is 5.92 Å². The number of H-pyrrole nitrogens is 2. The third-order valence-electron chi connectivity index (χ3n) is 10.6. The number of rotatable bonds is 7. The highest BCUT2D eigenvalue weighted by molar-refractivity contribution is 5.87. The number of methoxy groups -OCH3 is 1. The Morgan fingerprint density at radius 3 is 2.64 bits per heavy atom. The number of aromatic amines is 2. The Bertz CT molecular complexity index is 2060. The van der Waals surface area contributed by atoms with Crippen molar-refractivity contribution in [2.45, 2.75) is 76.9 Å². The molecule has 2 aromatic carbocycles. The number of fused-ring (bicyclic) bond motifs is 4. The number of imidazole rings is 2. The zero-order valence-electron chi connectivity index (χ0n) is 28.9. The number of aromatic nitrogens is 5. The number of amides is 2. The van der Waals surface area contributed by atoms with Gasteiger partial charge in [0.15, 0.2) is 0 Å². The summed E-state index contributed by atoms with van der Waals surface area (Å²) in [5.41, 5.74) is 9.57. The summed E-state index contributed by atoms with van der Waals surface area (Å²) in [6.07, 6.45) is 8.16. The fraction of sp³-hybridized carbons (Fsp3) is 0.410. The van der Waals surface area contributed by atoms with Gasteiger partial charge in [-0.3, -0.25) is 4.79 Å². The summed E-state index contributed by atoms with van der Waals surface area (Å²) >= 11 is 0. The number of hydrogen-bond donors (Lipinski definition) is 4. The Morgan fingerprint density at radius 1 is 0.940 bits per heavy atom. The first-order chi connectivity index (χ1) is 24.4. The number of carbonyl (C=O) groups excluding carboxylic acids is 2. The summed E-state index contributed by atoms with van der Waals surface area (Å²) in [6.45, 7) is 5.53. The molecule has 8 rings (SSSR count). The molecule has 0 bridgehead atoms. The van der Waals surface area contributed by atoms with Crippen LogP contribution in [-0.2, 0) is 22.4 Å². The first-order valence-electron chi connectivity index (χ1n) is 17.9. The standard InChI is InChI=1S/C39H44N8O3/c1-22(2)34(46-39(49)50-3)38(48)47-18-6-10-33(47)37-43-30-8-4-7-23-19-24(11-14-27(23)35(30)45-37)28-15-12-25-20-26(13-16-29(25)42-28)32-21-41-36(44-32)31-9-5-17-40-31/h11-16,19-22,31,33-34,40H,4-10,17-18H2,1-3H3,(H,41,44)(H,43,45)(H,46,49)/t31-,33-,34-/m0/s1. The third-order valence-corrected chi connectivity index (χ3v) is 10.6. The number of aryl methyl sites for hydroxylation is 2. The van der Waals surface area contributed by atoms with Gasteiger partial charge < -0.3 is 30.2 Å². The van der Waals surface area contributed by atoms with E-state index in [1.165, 1.54) is 19.1 Å². The molecule has 258 valence electrons. The second-order valence-electron chi connectivity index (χ2n) is 14.2. The molecular weight excluding hydrogens is 628 g/mol. The number of nitrogens with one attached hydrogen (secondary N) is 4. The van der Waals surface area contributed by atoms with Crippen molar-refractivity contribution in [1.29, 1.82) is 0 Å². The van der Waals surface area contributed by atoms with Crippen LogP contribution < -0.4 is 10.6 Å². The molecule has 2 fully saturated rings. The predicted molar refractivity (Wildman–Crippen MR) is 192 cm³/mol. The molecule has 5 heterocycles. The van der Waals surface area contributed by atoms with Gasteiger partial charge in [-0.15, -0.1) is 0 Å². The van der Waals surface area contributed by atoms with Crippen molar-refractivity contribution >= 4 is 22.9 Å². The summed E-state index contributed by atoms with van der Waals surface area (Å²) in [7, 11) is 1.31. The summed E-state index contributed by atoms with van der Waals surface area (Å²) in [5.74, 6) is 1.64. The molecule has 11 nitrogen and oxygen atoms in total. The number of hydrogen-bond acceptors (Lipinski definition) is 7. The molecular formula is C39H44N8O3. The van der Waals surface area contributed by atoms with E-state index in [0.29, 0.717) is 12.6 Å². The second kappa shape index (κ2) is 13.4. The van der Waals surface area contributed by atoms with Crippen LogP contribution in [-0.4, -0.2) is 68.1 Å². The van der Waals surface area contributed by atoms with Crippen LogP contribution in [0.15, 0.2) is 54.7 Å².